The van der Waals surface area contributed by atoms with Gasteiger partial charge in [-0.15, -0.1) is 11.3 Å². The smallest absolute Gasteiger partial charge is 0.159 e. The van der Waals surface area contributed by atoms with Crippen LogP contribution in [0.5, 0.6) is 0 Å². The largest absolute Gasteiger partial charge is 0.261 e. The average molecular weight is 430 g/mol. The van der Waals surface area contributed by atoms with Gasteiger partial charge in [-0.05, 0) is 24.1 Å². The molecule has 0 saturated heterocycles. The van der Waals surface area contributed by atoms with Gasteiger partial charge in [0.25, 0.3) is 0 Å². The molecule has 0 aliphatic carbocycles. The van der Waals surface area contributed by atoms with Crippen molar-refractivity contribution >= 4 is 56.1 Å². The van der Waals surface area contributed by atoms with Gasteiger partial charge in [0, 0.05) is 21.9 Å². The Bertz CT molecular complexity index is 1400. The molecule has 7 heteroatoms. The van der Waals surface area contributed by atoms with Gasteiger partial charge < -0.3 is 0 Å². The van der Waals surface area contributed by atoms with Crippen molar-refractivity contribution in [2.45, 2.75) is 6.92 Å². The molecule has 5 aromatic rings. The van der Waals surface area contributed by atoms with Crippen molar-refractivity contribution in [1.29, 1.82) is 0 Å². The molecule has 3 heterocycles. The summed E-state index contributed by atoms with van der Waals surface area (Å²) < 4.78 is 0. The van der Waals surface area contributed by atoms with Crippen molar-refractivity contribution in [2.24, 2.45) is 5.10 Å². The quantitative estimate of drug-likeness (QED) is 0.206. The van der Waals surface area contributed by atoms with Gasteiger partial charge in [-0.2, -0.15) is 5.10 Å². The fraction of sp³-hybridized carbons (Fsp3) is 0.0435. The van der Waals surface area contributed by atoms with E-state index in [2.05, 4.69) is 43.0 Å². The molecule has 1 N–H and O–H groups in total. The number of fused-ring (bicyclic) bond motifs is 2. The van der Waals surface area contributed by atoms with E-state index in [1.165, 1.54) is 0 Å². The number of hydrogen-bond acceptors (Lipinski definition) is 6. The molecule has 0 fully saturated rings. The highest BCUT2D eigenvalue weighted by Gasteiger charge is 2.12. The van der Waals surface area contributed by atoms with Crippen molar-refractivity contribution in [1.82, 2.24) is 15.0 Å². The Hall–Kier alpha value is -3.35. The van der Waals surface area contributed by atoms with Crippen molar-refractivity contribution < 1.29 is 0 Å². The number of benzene rings is 2. The minimum Gasteiger partial charge on any atom is -0.261 e. The number of rotatable bonds is 4. The molecule has 3 aromatic heterocycles. The molecule has 146 valence electrons. The zero-order valence-corrected chi connectivity index (χ0v) is 17.6. The molecule has 30 heavy (non-hydrogen) atoms. The summed E-state index contributed by atoms with van der Waals surface area (Å²) in [5, 5.41) is 8.86. The zero-order chi connectivity index (χ0) is 20.5. The molecule has 0 bridgehead atoms. The van der Waals surface area contributed by atoms with Crippen LogP contribution in [0.4, 0.5) is 5.82 Å². The summed E-state index contributed by atoms with van der Waals surface area (Å²) in [5.74, 6) is 0.650. The fourth-order valence-corrected chi connectivity index (χ4v) is 4.49. The second-order valence-corrected chi connectivity index (χ2v) is 8.02. The molecule has 0 aliphatic heterocycles. The maximum atomic E-state index is 6.39. The van der Waals surface area contributed by atoms with Crippen LogP contribution < -0.4 is 5.43 Å². The Morgan fingerprint density at radius 2 is 1.93 bits per heavy atom. The summed E-state index contributed by atoms with van der Waals surface area (Å²) in [6, 6.07) is 18.2. The molecular weight excluding hydrogens is 414 g/mol. The number of aromatic nitrogens is 3. The number of aryl methyl sites for hydroxylation is 1. The van der Waals surface area contributed by atoms with Gasteiger partial charge in [0.2, 0.25) is 0 Å². The highest BCUT2D eigenvalue weighted by atomic mass is 35.5. The summed E-state index contributed by atoms with van der Waals surface area (Å²) in [5.41, 5.74) is 7.97. The SMILES string of the molecule is Cc1cccc2cc(/C=N\Nc3ncnc4scc(-c5ccccc5)c34)c(Cl)nc12. The lowest BCUT2D eigenvalue weighted by Gasteiger charge is -2.06. The van der Waals surface area contributed by atoms with E-state index in [-0.39, 0.29) is 0 Å². The maximum absolute atomic E-state index is 6.39. The van der Waals surface area contributed by atoms with E-state index in [4.69, 9.17) is 11.6 Å². The van der Waals surface area contributed by atoms with Crippen molar-refractivity contribution in [2.75, 3.05) is 5.43 Å². The lowest BCUT2D eigenvalue weighted by molar-refractivity contribution is 1.19. The van der Waals surface area contributed by atoms with Crippen molar-refractivity contribution in [3.8, 4) is 11.1 Å². The number of nitrogens with one attached hydrogen (secondary N) is 1. The van der Waals surface area contributed by atoms with Crippen LogP contribution in [0.25, 0.3) is 32.2 Å². The van der Waals surface area contributed by atoms with E-state index in [9.17, 15) is 0 Å². The minimum atomic E-state index is 0.413. The molecule has 0 atom stereocenters. The first-order valence-electron chi connectivity index (χ1n) is 9.33. The molecule has 0 unspecified atom stereocenters. The van der Waals surface area contributed by atoms with E-state index >= 15 is 0 Å². The fourth-order valence-electron chi connectivity index (χ4n) is 3.38. The second-order valence-electron chi connectivity index (χ2n) is 6.80. The van der Waals surface area contributed by atoms with Crippen LogP contribution in [-0.4, -0.2) is 21.2 Å². The highest BCUT2D eigenvalue weighted by Crippen LogP contribution is 2.36. The van der Waals surface area contributed by atoms with Crippen LogP contribution in [0.2, 0.25) is 5.15 Å². The Morgan fingerprint density at radius 3 is 2.80 bits per heavy atom. The second kappa shape index (κ2) is 7.82. The summed E-state index contributed by atoms with van der Waals surface area (Å²) in [6.07, 6.45) is 3.21. The number of thiophene rings is 1. The van der Waals surface area contributed by atoms with Gasteiger partial charge in [0.05, 0.1) is 17.1 Å². The molecule has 0 aliphatic rings. The Kier molecular flexibility index (Phi) is 4.86. The number of pyridine rings is 1. The van der Waals surface area contributed by atoms with E-state index in [0.717, 1.165) is 43.4 Å². The van der Waals surface area contributed by atoms with E-state index in [1.54, 1.807) is 23.9 Å². The number of para-hydroxylation sites is 1. The Balaban J connectivity index is 1.50. The molecule has 0 saturated carbocycles. The molecule has 0 spiro atoms. The summed E-state index contributed by atoms with van der Waals surface area (Å²) >= 11 is 7.97. The number of hydrogen-bond donors (Lipinski definition) is 1. The standard InChI is InChI=1S/C23H16ClN5S/c1-14-6-5-9-16-10-17(21(24)28-20(14)16)11-27-29-22-19-18(15-7-3-2-4-8-15)12-30-23(19)26-13-25-22/h2-13H,1H3,(H,25,26,29)/b27-11-. The van der Waals surface area contributed by atoms with Crippen LogP contribution in [0.1, 0.15) is 11.1 Å². The van der Waals surface area contributed by atoms with Gasteiger partial charge in [-0.3, -0.25) is 5.43 Å². The average Bonchev–Trinajstić information content (AvgIpc) is 3.21. The van der Waals surface area contributed by atoms with Crippen molar-refractivity contribution in [3.63, 3.8) is 0 Å². The number of halogens is 1. The predicted octanol–water partition coefficient (Wildman–Crippen LogP) is 6.31. The van der Waals surface area contributed by atoms with Gasteiger partial charge in [0.15, 0.2) is 5.82 Å². The summed E-state index contributed by atoms with van der Waals surface area (Å²) in [4.78, 5) is 14.2. The molecule has 5 rings (SSSR count). The van der Waals surface area contributed by atoms with Crippen LogP contribution in [0.15, 0.2) is 71.4 Å². The van der Waals surface area contributed by atoms with E-state index in [0.29, 0.717) is 11.0 Å². The first-order valence-corrected chi connectivity index (χ1v) is 10.6. The number of hydrazone groups is 1. The van der Waals surface area contributed by atoms with Gasteiger partial charge in [-0.1, -0.05) is 60.1 Å². The molecule has 0 amide bonds. The molecule has 5 nitrogen and oxygen atoms in total. The number of nitrogens with zero attached hydrogens (tertiary/aromatic N) is 4. The molecular formula is C23H16ClN5S. The van der Waals surface area contributed by atoms with Gasteiger partial charge in [-0.25, -0.2) is 15.0 Å². The zero-order valence-electron chi connectivity index (χ0n) is 16.0. The van der Waals surface area contributed by atoms with Crippen molar-refractivity contribution in [3.05, 3.63) is 82.6 Å². The third-order valence-corrected chi connectivity index (χ3v) is 6.05. The Labute approximate surface area is 182 Å². The summed E-state index contributed by atoms with van der Waals surface area (Å²) in [7, 11) is 0. The minimum absolute atomic E-state index is 0.413. The Morgan fingerprint density at radius 1 is 1.07 bits per heavy atom. The van der Waals surface area contributed by atoms with Crippen LogP contribution in [-0.2, 0) is 0 Å². The van der Waals surface area contributed by atoms with Crippen LogP contribution >= 0.6 is 22.9 Å². The predicted molar refractivity (Wildman–Crippen MR) is 126 cm³/mol. The lowest BCUT2D eigenvalue weighted by Crippen LogP contribution is -1.97. The molecule has 2 aromatic carbocycles. The molecule has 0 radical (unpaired) electrons. The first kappa shape index (κ1) is 18.7. The van der Waals surface area contributed by atoms with Gasteiger partial charge >= 0.3 is 0 Å². The third kappa shape index (κ3) is 3.40. The lowest BCUT2D eigenvalue weighted by atomic mass is 10.1. The number of anilines is 1. The van der Waals surface area contributed by atoms with Crippen LogP contribution in [0, 0.1) is 6.92 Å². The summed E-state index contributed by atoms with van der Waals surface area (Å²) in [6.45, 7) is 2.02. The van der Waals surface area contributed by atoms with Crippen LogP contribution in [0.3, 0.4) is 0 Å². The highest BCUT2D eigenvalue weighted by molar-refractivity contribution is 7.17. The van der Waals surface area contributed by atoms with E-state index in [1.807, 2.05) is 49.4 Å². The monoisotopic (exact) mass is 429 g/mol. The van der Waals surface area contributed by atoms with Gasteiger partial charge in [0.1, 0.15) is 16.3 Å². The topological polar surface area (TPSA) is 63.1 Å². The normalized spacial score (nSPS) is 11.5. The first-order chi connectivity index (χ1) is 14.7. The third-order valence-electron chi connectivity index (χ3n) is 4.86. The van der Waals surface area contributed by atoms with E-state index < -0.39 is 0 Å². The maximum Gasteiger partial charge on any atom is 0.159 e.